The molecule has 2 aliphatic rings. The van der Waals surface area contributed by atoms with Crippen LogP contribution in [0.3, 0.4) is 0 Å². The van der Waals surface area contributed by atoms with E-state index < -0.39 is 9.84 Å². The Morgan fingerprint density at radius 1 is 1.20 bits per heavy atom. The van der Waals surface area contributed by atoms with Gasteiger partial charge in [-0.3, -0.25) is 4.79 Å². The van der Waals surface area contributed by atoms with E-state index in [-0.39, 0.29) is 42.1 Å². The number of rotatable bonds is 7. The van der Waals surface area contributed by atoms with E-state index in [1.54, 1.807) is 7.05 Å². The molecule has 0 unspecified atom stereocenters. The number of halogens is 1. The summed E-state index contributed by atoms with van der Waals surface area (Å²) in [5, 5.41) is 0.780. The largest absolute Gasteiger partial charge is 0.484 e. The summed E-state index contributed by atoms with van der Waals surface area (Å²) in [4.78, 5) is 14.1. The monoisotopic (exact) mass is 519 g/mol. The Morgan fingerprint density at radius 2 is 1.97 bits per heavy atom. The van der Waals surface area contributed by atoms with Crippen molar-refractivity contribution in [1.82, 2.24) is 4.90 Å². The third kappa shape index (κ3) is 6.19. The van der Waals surface area contributed by atoms with Gasteiger partial charge in [0.1, 0.15) is 5.75 Å². The Hall–Kier alpha value is -2.09. The number of carbonyl (C=O) groups excluding carboxylic acids is 1. The first kappa shape index (κ1) is 26.0. The predicted octanol–water partition coefficient (Wildman–Crippen LogP) is 4.88. The van der Waals surface area contributed by atoms with Gasteiger partial charge in [-0.05, 0) is 54.0 Å². The van der Waals surface area contributed by atoms with Crippen molar-refractivity contribution in [2.24, 2.45) is 11.8 Å². The summed E-state index contributed by atoms with van der Waals surface area (Å²) in [5.41, 5.74) is 2.16. The Kier molecular flexibility index (Phi) is 8.09. The normalized spacial score (nSPS) is 26.0. The molecule has 2 aromatic carbocycles. The molecule has 35 heavy (non-hydrogen) atoms. The number of hydrogen-bond donors (Lipinski definition) is 0. The van der Waals surface area contributed by atoms with Crippen molar-refractivity contribution in [2.45, 2.75) is 44.8 Å². The smallest absolute Gasteiger partial charge is 0.260 e. The van der Waals surface area contributed by atoms with Crippen LogP contribution in [0.2, 0.25) is 5.02 Å². The second-order valence-corrected chi connectivity index (χ2v) is 12.7. The first-order valence-electron chi connectivity index (χ1n) is 12.2. The predicted molar refractivity (Wildman–Crippen MR) is 138 cm³/mol. The number of hydrogen-bond acceptors (Lipinski definition) is 5. The lowest BCUT2D eigenvalue weighted by atomic mass is 9.76. The third-order valence-corrected chi connectivity index (χ3v) is 9.42. The molecule has 6 nitrogen and oxygen atoms in total. The van der Waals surface area contributed by atoms with Crippen LogP contribution >= 0.6 is 11.6 Å². The van der Waals surface area contributed by atoms with Crippen LogP contribution in [-0.4, -0.2) is 57.0 Å². The molecule has 4 atom stereocenters. The molecule has 0 N–H and O–H groups in total. The van der Waals surface area contributed by atoms with E-state index >= 15 is 0 Å². The maximum Gasteiger partial charge on any atom is 0.260 e. The number of likely N-dealkylation sites (N-methyl/N-ethyl adjacent to an activating group) is 1. The fourth-order valence-corrected chi connectivity index (χ4v) is 7.23. The average Bonchev–Trinajstić information content (AvgIpc) is 3.21. The van der Waals surface area contributed by atoms with Gasteiger partial charge in [-0.2, -0.15) is 0 Å². The highest BCUT2D eigenvalue weighted by molar-refractivity contribution is 7.91. The first-order chi connectivity index (χ1) is 16.6. The van der Waals surface area contributed by atoms with Gasteiger partial charge in [0.05, 0.1) is 24.2 Å². The molecule has 2 heterocycles. The summed E-state index contributed by atoms with van der Waals surface area (Å²) >= 11 is 6.46. The van der Waals surface area contributed by atoms with Gasteiger partial charge in [-0.25, -0.2) is 8.42 Å². The molecule has 190 valence electrons. The average molecular weight is 520 g/mol. The van der Waals surface area contributed by atoms with Crippen molar-refractivity contribution in [3.63, 3.8) is 0 Å². The van der Waals surface area contributed by atoms with Gasteiger partial charge in [-0.1, -0.05) is 55.8 Å². The zero-order valence-corrected chi connectivity index (χ0v) is 22.1. The minimum absolute atomic E-state index is 0.0233. The Balaban J connectivity index is 1.41. The topological polar surface area (TPSA) is 72.9 Å². The summed E-state index contributed by atoms with van der Waals surface area (Å²) in [5.74, 6) is 1.49. The van der Waals surface area contributed by atoms with Crippen LogP contribution in [0.5, 0.6) is 5.75 Å². The van der Waals surface area contributed by atoms with E-state index in [0.717, 1.165) is 22.6 Å². The van der Waals surface area contributed by atoms with Gasteiger partial charge >= 0.3 is 0 Å². The van der Waals surface area contributed by atoms with E-state index in [0.29, 0.717) is 30.6 Å². The second-order valence-electron chi connectivity index (χ2n) is 10.0. The van der Waals surface area contributed by atoms with Crippen molar-refractivity contribution in [1.29, 1.82) is 0 Å². The first-order valence-corrected chi connectivity index (χ1v) is 14.4. The fraction of sp³-hybridized carbons (Fsp3) is 0.519. The number of nitrogens with zero attached hydrogens (tertiary/aromatic N) is 1. The highest BCUT2D eigenvalue weighted by Gasteiger charge is 2.36. The Labute approximate surface area is 213 Å². The minimum Gasteiger partial charge on any atom is -0.484 e. The number of benzene rings is 2. The molecular weight excluding hydrogens is 486 g/mol. The van der Waals surface area contributed by atoms with Crippen molar-refractivity contribution in [3.8, 4) is 5.75 Å². The quantitative estimate of drug-likeness (QED) is 0.521. The molecule has 0 saturated carbocycles. The van der Waals surface area contributed by atoms with Gasteiger partial charge < -0.3 is 14.4 Å². The number of sulfone groups is 1. The van der Waals surface area contributed by atoms with E-state index in [1.807, 2.05) is 42.5 Å². The highest BCUT2D eigenvalue weighted by atomic mass is 35.5. The fourth-order valence-electron chi connectivity index (χ4n) is 5.16. The molecule has 4 rings (SSSR count). The van der Waals surface area contributed by atoms with Crippen LogP contribution in [0.4, 0.5) is 0 Å². The van der Waals surface area contributed by atoms with Gasteiger partial charge in [0.25, 0.3) is 5.91 Å². The molecule has 8 heteroatoms. The molecule has 2 aliphatic heterocycles. The molecule has 0 aliphatic carbocycles. The van der Waals surface area contributed by atoms with Crippen LogP contribution in [0.25, 0.3) is 0 Å². The lowest BCUT2D eigenvalue weighted by Crippen LogP contribution is -2.40. The highest BCUT2D eigenvalue weighted by Crippen LogP contribution is 2.45. The number of carbonyl (C=O) groups is 1. The summed E-state index contributed by atoms with van der Waals surface area (Å²) in [6.45, 7) is 4.89. The van der Waals surface area contributed by atoms with Crippen molar-refractivity contribution >= 4 is 27.3 Å². The summed E-state index contributed by atoms with van der Waals surface area (Å²) < 4.78 is 35.7. The Bertz CT molecular complexity index is 1150. The molecule has 2 aromatic rings. The third-order valence-electron chi connectivity index (χ3n) is 7.32. The van der Waals surface area contributed by atoms with Crippen molar-refractivity contribution in [3.05, 3.63) is 64.7 Å². The Morgan fingerprint density at radius 3 is 2.66 bits per heavy atom. The molecule has 0 spiro atoms. The van der Waals surface area contributed by atoms with Gasteiger partial charge in [0, 0.05) is 24.0 Å². The lowest BCUT2D eigenvalue weighted by Gasteiger charge is -2.39. The maximum absolute atomic E-state index is 12.6. The van der Waals surface area contributed by atoms with Crippen LogP contribution < -0.4 is 4.74 Å². The minimum atomic E-state index is -3.05. The molecule has 2 saturated heterocycles. The molecule has 0 bridgehead atoms. The summed E-state index contributed by atoms with van der Waals surface area (Å²) in [6.07, 6.45) is 1.38. The van der Waals surface area contributed by atoms with E-state index in [4.69, 9.17) is 21.1 Å². The summed E-state index contributed by atoms with van der Waals surface area (Å²) in [6, 6.07) is 15.4. The second kappa shape index (κ2) is 10.9. The van der Waals surface area contributed by atoms with E-state index in [2.05, 4.69) is 19.9 Å². The van der Waals surface area contributed by atoms with Gasteiger partial charge in [0.15, 0.2) is 16.4 Å². The van der Waals surface area contributed by atoms with E-state index in [9.17, 15) is 13.2 Å². The summed E-state index contributed by atoms with van der Waals surface area (Å²) in [7, 11) is -1.41. The van der Waals surface area contributed by atoms with Crippen LogP contribution in [0.15, 0.2) is 48.5 Å². The molecule has 1 amide bonds. The number of ether oxygens (including phenoxy) is 2. The number of amides is 1. The molecule has 0 radical (unpaired) electrons. The zero-order chi connectivity index (χ0) is 25.2. The molecule has 2 fully saturated rings. The maximum atomic E-state index is 12.6. The van der Waals surface area contributed by atoms with Crippen LogP contribution in [-0.2, 0) is 19.4 Å². The molecular formula is C27H34ClNO5S. The van der Waals surface area contributed by atoms with E-state index in [1.165, 1.54) is 4.90 Å². The van der Waals surface area contributed by atoms with Crippen molar-refractivity contribution in [2.75, 3.05) is 31.8 Å². The van der Waals surface area contributed by atoms with Crippen LogP contribution in [0.1, 0.15) is 49.8 Å². The SMILES string of the molecule is CC(C)[C@@H]1C[C@H](c2ccccc2Cl)CO[C@H]1c1cccc(OCC(=O)N(C)[C@@H]2CCS(=O)(=O)C2)c1. The standard InChI is InChI=1S/C27H34ClNO5S/c1-18(2)24-14-20(23-9-4-5-10-25(23)28)15-34-27(24)19-7-6-8-22(13-19)33-16-26(30)29(3)21-11-12-35(31,32)17-21/h4-10,13,18,20-21,24,27H,11-12,14-17H2,1-3H3/t20-,21+,24-,27-/m0/s1. The van der Waals surface area contributed by atoms with Gasteiger partial charge in [-0.15, -0.1) is 0 Å². The zero-order valence-electron chi connectivity index (χ0n) is 20.5. The van der Waals surface area contributed by atoms with Crippen LogP contribution in [0, 0.1) is 11.8 Å². The van der Waals surface area contributed by atoms with Gasteiger partial charge in [0.2, 0.25) is 0 Å². The van der Waals surface area contributed by atoms with Crippen molar-refractivity contribution < 1.29 is 22.7 Å². The lowest BCUT2D eigenvalue weighted by molar-refractivity contribution is -0.133. The molecule has 0 aromatic heterocycles.